The zero-order chi connectivity index (χ0) is 14.3. The van der Waals surface area contributed by atoms with Gasteiger partial charge in [-0.3, -0.25) is 19.9 Å². The second-order valence-electron chi connectivity index (χ2n) is 4.26. The number of hydrogen-bond donors (Lipinski definition) is 3. The first-order chi connectivity index (χ1) is 9.06. The maximum Gasteiger partial charge on any atom is 0.275 e. The van der Waals surface area contributed by atoms with E-state index in [9.17, 15) is 9.59 Å². The van der Waals surface area contributed by atoms with Crippen molar-refractivity contribution in [2.45, 2.75) is 19.9 Å². The summed E-state index contributed by atoms with van der Waals surface area (Å²) in [5, 5.41) is 2.82. The number of amides is 2. The molecule has 0 aliphatic heterocycles. The van der Waals surface area contributed by atoms with Gasteiger partial charge in [-0.25, -0.2) is 5.84 Å². The van der Waals surface area contributed by atoms with Crippen LogP contribution in [-0.4, -0.2) is 36.9 Å². The highest BCUT2D eigenvalue weighted by Crippen LogP contribution is 2.17. The second kappa shape index (κ2) is 7.88. The van der Waals surface area contributed by atoms with Crippen LogP contribution in [0.15, 0.2) is 12.1 Å². The van der Waals surface area contributed by atoms with Crippen molar-refractivity contribution >= 4 is 23.2 Å². The SMILES string of the molecule is CCCNC(=O)CN(C)Cc1ccc(C(=O)NN)s1. The number of carbonyl (C=O) groups excluding carboxylic acids is 2. The standard InChI is InChI=1S/C12H20N4O2S/c1-3-6-14-11(17)8-16(2)7-9-4-5-10(19-9)12(18)15-13/h4-5H,3,6-8,13H2,1-2H3,(H,14,17)(H,15,18). The highest BCUT2D eigenvalue weighted by atomic mass is 32.1. The molecule has 1 aromatic heterocycles. The van der Waals surface area contributed by atoms with Crippen LogP contribution in [0.2, 0.25) is 0 Å². The Hall–Kier alpha value is -1.44. The number of rotatable bonds is 7. The van der Waals surface area contributed by atoms with Gasteiger partial charge >= 0.3 is 0 Å². The Morgan fingerprint density at radius 2 is 2.16 bits per heavy atom. The molecule has 0 aromatic carbocycles. The van der Waals surface area contributed by atoms with E-state index in [0.29, 0.717) is 24.5 Å². The predicted octanol–water partition coefficient (Wildman–Crippen LogP) is 0.310. The molecule has 0 spiro atoms. The van der Waals surface area contributed by atoms with E-state index in [1.54, 1.807) is 6.07 Å². The molecule has 7 heteroatoms. The van der Waals surface area contributed by atoms with Crippen LogP contribution in [0.3, 0.4) is 0 Å². The van der Waals surface area contributed by atoms with Gasteiger partial charge in [0.2, 0.25) is 5.91 Å². The maximum absolute atomic E-state index is 11.5. The number of nitrogen functional groups attached to an aromatic ring is 1. The number of hydrogen-bond acceptors (Lipinski definition) is 5. The number of nitrogens with zero attached hydrogens (tertiary/aromatic N) is 1. The fourth-order valence-electron chi connectivity index (χ4n) is 1.54. The van der Waals surface area contributed by atoms with Gasteiger partial charge in [-0.15, -0.1) is 11.3 Å². The Morgan fingerprint density at radius 1 is 1.42 bits per heavy atom. The van der Waals surface area contributed by atoms with Gasteiger partial charge in [0.15, 0.2) is 0 Å². The summed E-state index contributed by atoms with van der Waals surface area (Å²) in [5.74, 6) is 4.79. The Morgan fingerprint density at radius 3 is 2.79 bits per heavy atom. The van der Waals surface area contributed by atoms with Crippen LogP contribution in [0.25, 0.3) is 0 Å². The number of carbonyl (C=O) groups is 2. The average molecular weight is 284 g/mol. The van der Waals surface area contributed by atoms with Crippen LogP contribution in [0, 0.1) is 0 Å². The molecular formula is C12H20N4O2S. The highest BCUT2D eigenvalue weighted by molar-refractivity contribution is 7.14. The van der Waals surface area contributed by atoms with Gasteiger partial charge < -0.3 is 5.32 Å². The molecule has 0 fully saturated rings. The monoisotopic (exact) mass is 284 g/mol. The van der Waals surface area contributed by atoms with Gasteiger partial charge in [0, 0.05) is 18.0 Å². The van der Waals surface area contributed by atoms with Gasteiger partial charge in [0.05, 0.1) is 11.4 Å². The highest BCUT2D eigenvalue weighted by Gasteiger charge is 2.10. The van der Waals surface area contributed by atoms with Crippen molar-refractivity contribution in [3.8, 4) is 0 Å². The molecule has 4 N–H and O–H groups in total. The van der Waals surface area contributed by atoms with E-state index in [0.717, 1.165) is 11.3 Å². The molecule has 6 nitrogen and oxygen atoms in total. The summed E-state index contributed by atoms with van der Waals surface area (Å²) < 4.78 is 0. The van der Waals surface area contributed by atoms with Gasteiger partial charge in [-0.05, 0) is 25.6 Å². The first-order valence-electron chi connectivity index (χ1n) is 6.11. The van der Waals surface area contributed by atoms with Crippen molar-refractivity contribution in [3.63, 3.8) is 0 Å². The third-order valence-electron chi connectivity index (χ3n) is 2.43. The van der Waals surface area contributed by atoms with Gasteiger partial charge in [-0.2, -0.15) is 0 Å². The van der Waals surface area contributed by atoms with Crippen LogP contribution in [0.4, 0.5) is 0 Å². The van der Waals surface area contributed by atoms with Crippen molar-refractivity contribution in [1.82, 2.24) is 15.6 Å². The topological polar surface area (TPSA) is 87.5 Å². The van der Waals surface area contributed by atoms with Crippen molar-refractivity contribution < 1.29 is 9.59 Å². The van der Waals surface area contributed by atoms with Gasteiger partial charge in [0.25, 0.3) is 5.91 Å². The Labute approximate surface area is 116 Å². The summed E-state index contributed by atoms with van der Waals surface area (Å²) in [6, 6.07) is 3.60. The Kier molecular flexibility index (Phi) is 6.48. The normalized spacial score (nSPS) is 10.5. The zero-order valence-corrected chi connectivity index (χ0v) is 12.0. The molecule has 1 heterocycles. The fraction of sp³-hybridized carbons (Fsp3) is 0.500. The maximum atomic E-state index is 11.5. The first kappa shape index (κ1) is 15.6. The fourth-order valence-corrected chi connectivity index (χ4v) is 2.53. The van der Waals surface area contributed by atoms with Crippen LogP contribution in [0.5, 0.6) is 0 Å². The Bertz CT molecular complexity index is 433. The number of likely N-dealkylation sites (N-methyl/N-ethyl adjacent to an activating group) is 1. The molecule has 0 atom stereocenters. The van der Waals surface area contributed by atoms with E-state index < -0.39 is 0 Å². The number of hydrazine groups is 1. The lowest BCUT2D eigenvalue weighted by atomic mass is 10.4. The molecule has 1 aromatic rings. The van der Waals surface area contributed by atoms with Crippen molar-refractivity contribution in [3.05, 3.63) is 21.9 Å². The van der Waals surface area contributed by atoms with E-state index in [-0.39, 0.29) is 11.8 Å². The van der Waals surface area contributed by atoms with Crippen LogP contribution >= 0.6 is 11.3 Å². The molecule has 0 unspecified atom stereocenters. The molecule has 2 amide bonds. The lowest BCUT2D eigenvalue weighted by Gasteiger charge is -2.14. The van der Waals surface area contributed by atoms with Crippen molar-refractivity contribution in [1.29, 1.82) is 0 Å². The summed E-state index contributed by atoms with van der Waals surface area (Å²) in [6.45, 7) is 3.69. The minimum atomic E-state index is -0.292. The molecule has 106 valence electrons. The summed E-state index contributed by atoms with van der Waals surface area (Å²) in [6.07, 6.45) is 0.929. The first-order valence-corrected chi connectivity index (χ1v) is 6.93. The average Bonchev–Trinajstić information content (AvgIpc) is 2.83. The van der Waals surface area contributed by atoms with E-state index in [4.69, 9.17) is 5.84 Å². The lowest BCUT2D eigenvalue weighted by Crippen LogP contribution is -2.35. The van der Waals surface area contributed by atoms with Crippen LogP contribution < -0.4 is 16.6 Å². The van der Waals surface area contributed by atoms with Crippen molar-refractivity contribution in [2.24, 2.45) is 5.84 Å². The molecule has 19 heavy (non-hydrogen) atoms. The largest absolute Gasteiger partial charge is 0.355 e. The zero-order valence-electron chi connectivity index (χ0n) is 11.2. The van der Waals surface area contributed by atoms with E-state index >= 15 is 0 Å². The summed E-state index contributed by atoms with van der Waals surface area (Å²) in [7, 11) is 1.87. The van der Waals surface area contributed by atoms with E-state index in [1.807, 2.05) is 24.9 Å². The molecule has 0 aliphatic rings. The lowest BCUT2D eigenvalue weighted by molar-refractivity contribution is -0.122. The molecule has 0 radical (unpaired) electrons. The van der Waals surface area contributed by atoms with Gasteiger partial charge in [0.1, 0.15) is 0 Å². The summed E-state index contributed by atoms with van der Waals surface area (Å²) in [4.78, 5) is 26.3. The van der Waals surface area contributed by atoms with Crippen LogP contribution in [0.1, 0.15) is 27.9 Å². The van der Waals surface area contributed by atoms with Gasteiger partial charge in [-0.1, -0.05) is 6.92 Å². The molecule has 0 bridgehead atoms. The summed E-state index contributed by atoms with van der Waals surface area (Å²) >= 11 is 1.37. The minimum absolute atomic E-state index is 0.0147. The molecule has 0 aliphatic carbocycles. The van der Waals surface area contributed by atoms with E-state index in [1.165, 1.54) is 11.3 Å². The minimum Gasteiger partial charge on any atom is -0.355 e. The second-order valence-corrected chi connectivity index (χ2v) is 5.43. The van der Waals surface area contributed by atoms with Crippen molar-refractivity contribution in [2.75, 3.05) is 20.1 Å². The predicted molar refractivity (Wildman–Crippen MR) is 75.6 cm³/mol. The number of nitrogens with one attached hydrogen (secondary N) is 2. The molecule has 0 saturated heterocycles. The summed E-state index contributed by atoms with van der Waals surface area (Å²) in [5.41, 5.74) is 2.10. The quantitative estimate of drug-likeness (QED) is 0.382. The smallest absolute Gasteiger partial charge is 0.275 e. The molecular weight excluding hydrogens is 264 g/mol. The molecule has 0 saturated carbocycles. The Balaban J connectivity index is 2.43. The molecule has 1 rings (SSSR count). The number of thiophene rings is 1. The van der Waals surface area contributed by atoms with E-state index in [2.05, 4.69) is 10.7 Å². The van der Waals surface area contributed by atoms with Crippen LogP contribution in [-0.2, 0) is 11.3 Å². The third kappa shape index (κ3) is 5.37. The number of nitrogens with two attached hydrogens (primary N) is 1. The third-order valence-corrected chi connectivity index (χ3v) is 3.50.